The molecule has 3 amide bonds. The summed E-state index contributed by atoms with van der Waals surface area (Å²) in [7, 11) is 0. The van der Waals surface area contributed by atoms with Gasteiger partial charge in [0.2, 0.25) is 0 Å². The highest BCUT2D eigenvalue weighted by Gasteiger charge is 2.36. The molecule has 2 aliphatic heterocycles. The summed E-state index contributed by atoms with van der Waals surface area (Å²) in [5.74, 6) is -0.635. The third-order valence-electron chi connectivity index (χ3n) is 5.64. The van der Waals surface area contributed by atoms with Gasteiger partial charge in [-0.15, -0.1) is 0 Å². The maximum Gasteiger partial charge on any atom is 0.261 e. The van der Waals surface area contributed by atoms with Crippen LogP contribution in [-0.4, -0.2) is 60.2 Å². The minimum Gasteiger partial charge on any atom is -0.368 e. The highest BCUT2D eigenvalue weighted by molar-refractivity contribution is 6.22. The van der Waals surface area contributed by atoms with Gasteiger partial charge in [0.05, 0.1) is 11.1 Å². The maximum atomic E-state index is 13.0. The number of imide groups is 1. The van der Waals surface area contributed by atoms with Gasteiger partial charge in [-0.3, -0.25) is 19.3 Å². The fourth-order valence-corrected chi connectivity index (χ4v) is 3.93. The van der Waals surface area contributed by atoms with Gasteiger partial charge < -0.3 is 9.80 Å². The van der Waals surface area contributed by atoms with E-state index in [2.05, 4.69) is 17.0 Å². The smallest absolute Gasteiger partial charge is 0.261 e. The number of piperazine rings is 1. The maximum absolute atomic E-state index is 13.0. The lowest BCUT2D eigenvalue weighted by atomic mass is 10.0. The third kappa shape index (κ3) is 3.62. The van der Waals surface area contributed by atoms with Crippen molar-refractivity contribution < 1.29 is 14.4 Å². The van der Waals surface area contributed by atoms with E-state index in [0.717, 1.165) is 31.6 Å². The van der Waals surface area contributed by atoms with Gasteiger partial charge in [-0.1, -0.05) is 31.5 Å². The van der Waals surface area contributed by atoms with Gasteiger partial charge in [0.1, 0.15) is 0 Å². The van der Waals surface area contributed by atoms with Gasteiger partial charge in [0, 0.05) is 44.0 Å². The van der Waals surface area contributed by atoms with E-state index in [4.69, 9.17) is 0 Å². The van der Waals surface area contributed by atoms with Gasteiger partial charge in [-0.2, -0.15) is 0 Å². The fourth-order valence-electron chi connectivity index (χ4n) is 3.93. The summed E-state index contributed by atoms with van der Waals surface area (Å²) in [5.41, 5.74) is 2.38. The first-order valence-corrected chi connectivity index (χ1v) is 10.2. The van der Waals surface area contributed by atoms with Crippen molar-refractivity contribution in [3.05, 3.63) is 65.2 Å². The molecule has 0 radical (unpaired) electrons. The number of rotatable bonds is 5. The first-order chi connectivity index (χ1) is 14.1. The Balaban J connectivity index is 1.45. The zero-order valence-corrected chi connectivity index (χ0v) is 16.6. The van der Waals surface area contributed by atoms with Crippen LogP contribution in [0.1, 0.15) is 50.8 Å². The number of nitrogens with zero attached hydrogens (tertiary/aromatic N) is 3. The molecule has 2 aliphatic rings. The molecule has 0 atom stereocenters. The van der Waals surface area contributed by atoms with Crippen LogP contribution in [-0.2, 0) is 0 Å². The SMILES string of the molecule is CCCCN1C(=O)c2ccc(C(=O)N3CCN(c4ccccc4)CC3)cc2C1=O. The molecule has 2 aromatic carbocycles. The molecule has 0 unspecified atom stereocenters. The Labute approximate surface area is 170 Å². The van der Waals surface area contributed by atoms with Crippen LogP contribution in [0.3, 0.4) is 0 Å². The highest BCUT2D eigenvalue weighted by atomic mass is 16.2. The molecular weight excluding hydrogens is 366 g/mol. The number of anilines is 1. The number of hydrogen-bond acceptors (Lipinski definition) is 4. The van der Waals surface area contributed by atoms with Gasteiger partial charge in [0.25, 0.3) is 17.7 Å². The van der Waals surface area contributed by atoms with Crippen LogP contribution in [0, 0.1) is 0 Å². The lowest BCUT2D eigenvalue weighted by molar-refractivity contribution is 0.0651. The zero-order valence-electron chi connectivity index (χ0n) is 16.6. The first-order valence-electron chi connectivity index (χ1n) is 10.2. The Bertz CT molecular complexity index is 934. The van der Waals surface area contributed by atoms with Crippen LogP contribution in [0.15, 0.2) is 48.5 Å². The molecule has 0 spiro atoms. The largest absolute Gasteiger partial charge is 0.368 e. The second kappa shape index (κ2) is 8.07. The highest BCUT2D eigenvalue weighted by Crippen LogP contribution is 2.25. The molecule has 6 heteroatoms. The van der Waals surface area contributed by atoms with E-state index in [9.17, 15) is 14.4 Å². The number of hydrogen-bond donors (Lipinski definition) is 0. The number of benzene rings is 2. The Morgan fingerprint density at radius 3 is 2.28 bits per heavy atom. The summed E-state index contributed by atoms with van der Waals surface area (Å²) in [6.07, 6.45) is 1.69. The van der Waals surface area contributed by atoms with Crippen LogP contribution in [0.5, 0.6) is 0 Å². The quantitative estimate of drug-likeness (QED) is 0.735. The number of carbonyl (C=O) groups excluding carboxylic acids is 3. The Morgan fingerprint density at radius 1 is 0.897 bits per heavy atom. The fraction of sp³-hybridized carbons (Fsp3) is 0.348. The summed E-state index contributed by atoms with van der Waals surface area (Å²) in [4.78, 5) is 43.5. The Hall–Kier alpha value is -3.15. The molecule has 0 saturated carbocycles. The van der Waals surface area contributed by atoms with Crippen molar-refractivity contribution in [2.45, 2.75) is 19.8 Å². The number of para-hydroxylation sites is 1. The van der Waals surface area contributed by atoms with E-state index in [1.54, 1.807) is 18.2 Å². The summed E-state index contributed by atoms with van der Waals surface area (Å²) in [5, 5.41) is 0. The molecule has 1 saturated heterocycles. The Morgan fingerprint density at radius 2 is 1.59 bits per heavy atom. The molecule has 0 N–H and O–H groups in total. The van der Waals surface area contributed by atoms with Crippen LogP contribution in [0.4, 0.5) is 5.69 Å². The second-order valence-corrected chi connectivity index (χ2v) is 7.49. The van der Waals surface area contributed by atoms with Gasteiger partial charge in [-0.05, 0) is 36.8 Å². The molecule has 2 heterocycles. The third-order valence-corrected chi connectivity index (χ3v) is 5.64. The summed E-state index contributed by atoms with van der Waals surface area (Å²) >= 11 is 0. The summed E-state index contributed by atoms with van der Waals surface area (Å²) < 4.78 is 0. The van der Waals surface area contributed by atoms with Crippen LogP contribution >= 0.6 is 0 Å². The van der Waals surface area contributed by atoms with Crippen molar-refractivity contribution in [1.82, 2.24) is 9.80 Å². The van der Waals surface area contributed by atoms with Crippen LogP contribution in [0.25, 0.3) is 0 Å². The lowest BCUT2D eigenvalue weighted by Crippen LogP contribution is -2.48. The topological polar surface area (TPSA) is 60.9 Å². The molecule has 150 valence electrons. The van der Waals surface area contributed by atoms with Crippen LogP contribution < -0.4 is 4.90 Å². The molecule has 1 fully saturated rings. The number of carbonyl (C=O) groups is 3. The van der Waals surface area contributed by atoms with E-state index >= 15 is 0 Å². The predicted octanol–water partition coefficient (Wildman–Crippen LogP) is 3.05. The normalized spacial score (nSPS) is 16.4. The van der Waals surface area contributed by atoms with E-state index in [1.807, 2.05) is 30.0 Å². The molecule has 0 aliphatic carbocycles. The molecule has 0 bridgehead atoms. The van der Waals surface area contributed by atoms with Crippen molar-refractivity contribution in [2.75, 3.05) is 37.6 Å². The number of fused-ring (bicyclic) bond motifs is 1. The monoisotopic (exact) mass is 391 g/mol. The lowest BCUT2D eigenvalue weighted by Gasteiger charge is -2.36. The Kier molecular flexibility index (Phi) is 5.34. The summed E-state index contributed by atoms with van der Waals surface area (Å²) in [6.45, 7) is 5.23. The minimum absolute atomic E-state index is 0.0900. The number of amides is 3. The molecular formula is C23H25N3O3. The van der Waals surface area contributed by atoms with Gasteiger partial charge in [-0.25, -0.2) is 0 Å². The first kappa shape index (κ1) is 19.2. The zero-order chi connectivity index (χ0) is 20.4. The molecule has 2 aromatic rings. The molecule has 6 nitrogen and oxygen atoms in total. The minimum atomic E-state index is -0.290. The van der Waals surface area contributed by atoms with Crippen molar-refractivity contribution >= 4 is 23.4 Å². The van der Waals surface area contributed by atoms with E-state index in [1.165, 1.54) is 4.90 Å². The van der Waals surface area contributed by atoms with Gasteiger partial charge in [0.15, 0.2) is 0 Å². The average Bonchev–Trinajstić information content (AvgIpc) is 3.01. The predicted molar refractivity (Wildman–Crippen MR) is 111 cm³/mol. The van der Waals surface area contributed by atoms with Crippen molar-refractivity contribution in [1.29, 1.82) is 0 Å². The van der Waals surface area contributed by atoms with Crippen molar-refractivity contribution in [2.24, 2.45) is 0 Å². The van der Waals surface area contributed by atoms with E-state index in [0.29, 0.717) is 36.3 Å². The van der Waals surface area contributed by atoms with E-state index < -0.39 is 0 Å². The van der Waals surface area contributed by atoms with Crippen molar-refractivity contribution in [3.63, 3.8) is 0 Å². The number of unbranched alkanes of at least 4 members (excludes halogenated alkanes) is 1. The standard InChI is InChI=1S/C23H25N3O3/c1-2-3-11-26-22(28)19-10-9-17(16-20(19)23(26)29)21(27)25-14-12-24(13-15-25)18-7-5-4-6-8-18/h4-10,16H,2-3,11-15H2,1H3. The van der Waals surface area contributed by atoms with Gasteiger partial charge >= 0.3 is 0 Å². The second-order valence-electron chi connectivity index (χ2n) is 7.49. The molecule has 29 heavy (non-hydrogen) atoms. The van der Waals surface area contributed by atoms with E-state index in [-0.39, 0.29) is 17.7 Å². The molecule has 4 rings (SSSR count). The van der Waals surface area contributed by atoms with Crippen molar-refractivity contribution in [3.8, 4) is 0 Å². The molecule has 0 aromatic heterocycles. The summed E-state index contributed by atoms with van der Waals surface area (Å²) in [6, 6.07) is 15.0. The van der Waals surface area contributed by atoms with Crippen LogP contribution in [0.2, 0.25) is 0 Å². The average molecular weight is 391 g/mol.